The number of nitrogens with zero attached hydrogens (tertiary/aromatic N) is 3. The van der Waals surface area contributed by atoms with Gasteiger partial charge in [-0.05, 0) is 55.3 Å². The van der Waals surface area contributed by atoms with Crippen LogP contribution in [0.25, 0.3) is 16.5 Å². The van der Waals surface area contributed by atoms with Crippen LogP contribution in [0, 0.1) is 13.8 Å². The van der Waals surface area contributed by atoms with E-state index >= 15 is 0 Å². The first kappa shape index (κ1) is 21.7. The van der Waals surface area contributed by atoms with Gasteiger partial charge < -0.3 is 0 Å². The van der Waals surface area contributed by atoms with Crippen LogP contribution in [-0.4, -0.2) is 21.9 Å². The fraction of sp³-hybridized carbons (Fsp3) is 0.0833. The second kappa shape index (κ2) is 8.94. The van der Waals surface area contributed by atoms with Crippen LogP contribution in [0.2, 0.25) is 10.0 Å². The van der Waals surface area contributed by atoms with E-state index in [4.69, 9.17) is 23.2 Å². The predicted octanol–water partition coefficient (Wildman–Crippen LogP) is 5.07. The van der Waals surface area contributed by atoms with Crippen molar-refractivity contribution in [3.63, 3.8) is 0 Å². The summed E-state index contributed by atoms with van der Waals surface area (Å²) in [5, 5.41) is 10.1. The third-order valence-electron chi connectivity index (χ3n) is 5.09. The van der Waals surface area contributed by atoms with Gasteiger partial charge in [0.15, 0.2) is 5.69 Å². The molecule has 4 aromatic rings. The molecule has 0 spiro atoms. The number of hydrogen-bond donors (Lipinski definition) is 1. The lowest BCUT2D eigenvalue weighted by Gasteiger charge is -2.11. The molecule has 1 aromatic heterocycles. The number of benzene rings is 3. The summed E-state index contributed by atoms with van der Waals surface area (Å²) < 4.78 is 1.24. The van der Waals surface area contributed by atoms with Gasteiger partial charge in [0.1, 0.15) is 0 Å². The number of carbonyl (C=O) groups excluding carboxylic acids is 1. The molecule has 0 saturated heterocycles. The second-order valence-electron chi connectivity index (χ2n) is 7.24. The smallest absolute Gasteiger partial charge is 0.267 e. The zero-order chi connectivity index (χ0) is 22.8. The van der Waals surface area contributed by atoms with Gasteiger partial charge in [-0.25, -0.2) is 5.43 Å². The Kier molecular flexibility index (Phi) is 6.08. The number of carbonyl (C=O) groups is 1. The molecule has 8 heteroatoms. The number of nitrogens with one attached hydrogen (secondary N) is 1. The summed E-state index contributed by atoms with van der Waals surface area (Å²) >= 11 is 12.0. The van der Waals surface area contributed by atoms with Crippen LogP contribution < -0.4 is 11.0 Å². The van der Waals surface area contributed by atoms with Crippen LogP contribution >= 0.6 is 23.2 Å². The van der Waals surface area contributed by atoms with E-state index in [1.165, 1.54) is 10.9 Å². The maximum atomic E-state index is 13.1. The molecule has 0 aliphatic carbocycles. The molecule has 0 aliphatic heterocycles. The number of aromatic nitrogens is 2. The van der Waals surface area contributed by atoms with E-state index in [2.05, 4.69) is 15.6 Å². The third-order valence-corrected chi connectivity index (χ3v) is 5.65. The SMILES string of the molecule is Cc1ccc(-n2nc(C(=O)NN=Cc3ccc(Cl)cc3Cl)c3ccccc3c2=O)cc1C. The summed E-state index contributed by atoms with van der Waals surface area (Å²) in [6.07, 6.45) is 1.41. The van der Waals surface area contributed by atoms with E-state index in [1.807, 2.05) is 26.0 Å². The topological polar surface area (TPSA) is 76.3 Å². The Morgan fingerprint density at radius 3 is 2.47 bits per heavy atom. The summed E-state index contributed by atoms with van der Waals surface area (Å²) in [5.41, 5.74) is 5.51. The van der Waals surface area contributed by atoms with Gasteiger partial charge in [0.2, 0.25) is 0 Å². The quantitative estimate of drug-likeness (QED) is 0.338. The van der Waals surface area contributed by atoms with Gasteiger partial charge in [-0.15, -0.1) is 0 Å². The third kappa shape index (κ3) is 4.28. The highest BCUT2D eigenvalue weighted by molar-refractivity contribution is 6.36. The van der Waals surface area contributed by atoms with E-state index in [0.717, 1.165) is 11.1 Å². The summed E-state index contributed by atoms with van der Waals surface area (Å²) in [6.45, 7) is 3.94. The van der Waals surface area contributed by atoms with Crippen molar-refractivity contribution in [1.82, 2.24) is 15.2 Å². The van der Waals surface area contributed by atoms with Crippen molar-refractivity contribution in [1.29, 1.82) is 0 Å². The highest BCUT2D eigenvalue weighted by Gasteiger charge is 2.17. The van der Waals surface area contributed by atoms with E-state index in [0.29, 0.717) is 32.1 Å². The first-order chi connectivity index (χ1) is 15.3. The van der Waals surface area contributed by atoms with E-state index in [9.17, 15) is 9.59 Å². The molecule has 160 valence electrons. The molecule has 6 nitrogen and oxygen atoms in total. The van der Waals surface area contributed by atoms with E-state index in [-0.39, 0.29) is 11.3 Å². The van der Waals surface area contributed by atoms with E-state index < -0.39 is 5.91 Å². The fourth-order valence-electron chi connectivity index (χ4n) is 3.21. The first-order valence-electron chi connectivity index (χ1n) is 9.73. The van der Waals surface area contributed by atoms with Crippen molar-refractivity contribution in [2.45, 2.75) is 13.8 Å². The average molecular weight is 465 g/mol. The van der Waals surface area contributed by atoms with Crippen molar-refractivity contribution >= 4 is 46.1 Å². The number of hydrazone groups is 1. The molecule has 0 atom stereocenters. The zero-order valence-corrected chi connectivity index (χ0v) is 18.8. The Bertz CT molecular complexity index is 1440. The Labute approximate surface area is 194 Å². The van der Waals surface area contributed by atoms with Gasteiger partial charge in [-0.3, -0.25) is 9.59 Å². The molecule has 0 bridgehead atoms. The Hall–Kier alpha value is -3.48. The highest BCUT2D eigenvalue weighted by Crippen LogP contribution is 2.20. The minimum atomic E-state index is -0.555. The van der Waals surface area contributed by atoms with Gasteiger partial charge >= 0.3 is 0 Å². The number of halogens is 2. The maximum Gasteiger partial charge on any atom is 0.292 e. The summed E-state index contributed by atoms with van der Waals surface area (Å²) in [7, 11) is 0. The molecule has 0 unspecified atom stereocenters. The Morgan fingerprint density at radius 1 is 1.00 bits per heavy atom. The van der Waals surface area contributed by atoms with Crippen LogP contribution in [0.15, 0.2) is 70.6 Å². The predicted molar refractivity (Wildman–Crippen MR) is 128 cm³/mol. The van der Waals surface area contributed by atoms with Crippen LogP contribution in [-0.2, 0) is 0 Å². The van der Waals surface area contributed by atoms with Crippen LogP contribution in [0.5, 0.6) is 0 Å². The average Bonchev–Trinajstić information content (AvgIpc) is 2.77. The number of fused-ring (bicyclic) bond motifs is 1. The molecule has 1 heterocycles. The lowest BCUT2D eigenvalue weighted by molar-refractivity contribution is 0.0950. The molecule has 4 rings (SSSR count). The van der Waals surface area contributed by atoms with Gasteiger partial charge in [0, 0.05) is 16.0 Å². The normalized spacial score (nSPS) is 11.2. The highest BCUT2D eigenvalue weighted by atomic mass is 35.5. The van der Waals surface area contributed by atoms with Crippen LogP contribution in [0.4, 0.5) is 0 Å². The molecular weight excluding hydrogens is 447 g/mol. The largest absolute Gasteiger partial charge is 0.292 e. The van der Waals surface area contributed by atoms with Crippen LogP contribution in [0.3, 0.4) is 0 Å². The summed E-state index contributed by atoms with van der Waals surface area (Å²) in [4.78, 5) is 26.0. The lowest BCUT2D eigenvalue weighted by Crippen LogP contribution is -2.28. The minimum Gasteiger partial charge on any atom is -0.267 e. The van der Waals surface area contributed by atoms with Gasteiger partial charge in [-0.1, -0.05) is 53.5 Å². The molecule has 0 saturated carbocycles. The first-order valence-corrected chi connectivity index (χ1v) is 10.5. The molecule has 3 aromatic carbocycles. The molecule has 32 heavy (non-hydrogen) atoms. The molecular formula is C24H18Cl2N4O2. The van der Waals surface area contributed by atoms with Crippen molar-refractivity contribution in [2.24, 2.45) is 5.10 Å². The van der Waals surface area contributed by atoms with Crippen molar-refractivity contribution in [2.75, 3.05) is 0 Å². The van der Waals surface area contributed by atoms with Gasteiger partial charge in [0.05, 0.1) is 22.3 Å². The minimum absolute atomic E-state index is 0.0813. The van der Waals surface area contributed by atoms with Gasteiger partial charge in [-0.2, -0.15) is 14.9 Å². The fourth-order valence-corrected chi connectivity index (χ4v) is 3.67. The zero-order valence-electron chi connectivity index (χ0n) is 17.3. The molecule has 1 amide bonds. The summed E-state index contributed by atoms with van der Waals surface area (Å²) in [5.74, 6) is -0.555. The number of rotatable bonds is 4. The number of hydrogen-bond acceptors (Lipinski definition) is 4. The lowest BCUT2D eigenvalue weighted by atomic mass is 10.1. The van der Waals surface area contributed by atoms with Crippen molar-refractivity contribution < 1.29 is 4.79 Å². The monoisotopic (exact) mass is 464 g/mol. The second-order valence-corrected chi connectivity index (χ2v) is 8.09. The van der Waals surface area contributed by atoms with Crippen molar-refractivity contribution in [3.8, 4) is 5.69 Å². The molecule has 0 aliphatic rings. The van der Waals surface area contributed by atoms with Crippen molar-refractivity contribution in [3.05, 3.63) is 103 Å². The Morgan fingerprint density at radius 2 is 1.75 bits per heavy atom. The molecule has 1 N–H and O–H groups in total. The Balaban J connectivity index is 1.75. The number of amides is 1. The number of aryl methyl sites for hydroxylation is 2. The van der Waals surface area contributed by atoms with Crippen LogP contribution in [0.1, 0.15) is 27.2 Å². The van der Waals surface area contributed by atoms with Gasteiger partial charge in [0.25, 0.3) is 11.5 Å². The standard InChI is InChI=1S/C24H18Cl2N4O2/c1-14-7-10-18(11-15(14)2)30-24(32)20-6-4-3-5-19(20)22(29-30)23(31)28-27-13-16-8-9-17(25)12-21(16)26/h3-13H,1-2H3,(H,28,31). The maximum absolute atomic E-state index is 13.1. The van der Waals surface area contributed by atoms with E-state index in [1.54, 1.807) is 48.5 Å². The summed E-state index contributed by atoms with van der Waals surface area (Å²) in [6, 6.07) is 17.4. The molecule has 0 fully saturated rings. The molecule has 0 radical (unpaired) electrons.